The van der Waals surface area contributed by atoms with E-state index < -0.39 is 29.7 Å². The van der Waals surface area contributed by atoms with Crippen LogP contribution in [0, 0.1) is 18.6 Å². The lowest BCUT2D eigenvalue weighted by molar-refractivity contribution is -0.00788. The van der Waals surface area contributed by atoms with Crippen LogP contribution in [0.2, 0.25) is 0 Å². The monoisotopic (exact) mass is 208 g/mol. The van der Waals surface area contributed by atoms with Gasteiger partial charge in [0.2, 0.25) is 0 Å². The molecule has 1 unspecified atom stereocenters. The Labute approximate surface area is 78.0 Å². The molecule has 1 N–H and O–H groups in total. The van der Waals surface area contributed by atoms with Crippen molar-refractivity contribution in [2.45, 2.75) is 19.5 Å². The van der Waals surface area contributed by atoms with Gasteiger partial charge in [0.1, 0.15) is 17.7 Å². The van der Waals surface area contributed by atoms with Crippen molar-refractivity contribution in [2.75, 3.05) is 0 Å². The Morgan fingerprint density at radius 2 is 1.71 bits per heavy atom. The molecular weight excluding hydrogens is 200 g/mol. The van der Waals surface area contributed by atoms with Crippen molar-refractivity contribution in [2.24, 2.45) is 0 Å². The molecule has 0 aliphatic carbocycles. The van der Waals surface area contributed by atoms with Gasteiger partial charge in [0.15, 0.2) is 0 Å². The molecule has 78 valence electrons. The molecule has 1 aromatic carbocycles. The topological polar surface area (TPSA) is 20.2 Å². The predicted molar refractivity (Wildman–Crippen MR) is 42.1 cm³/mol. The van der Waals surface area contributed by atoms with Gasteiger partial charge in [0.05, 0.1) is 0 Å². The van der Waals surface area contributed by atoms with Crippen molar-refractivity contribution in [3.8, 4) is 0 Å². The quantitative estimate of drug-likeness (QED) is 0.740. The normalized spacial score (nSPS) is 13.4. The number of halogens is 4. The highest BCUT2D eigenvalue weighted by Crippen LogP contribution is 2.25. The first kappa shape index (κ1) is 11.0. The third-order valence-corrected chi connectivity index (χ3v) is 1.84. The van der Waals surface area contributed by atoms with Gasteiger partial charge in [-0.15, -0.1) is 0 Å². The summed E-state index contributed by atoms with van der Waals surface area (Å²) in [7, 11) is 0. The SMILES string of the molecule is Cc1cc(F)c(C(O)C(F)F)cc1F. The van der Waals surface area contributed by atoms with Crippen molar-refractivity contribution in [3.05, 3.63) is 34.9 Å². The van der Waals surface area contributed by atoms with Gasteiger partial charge in [-0.05, 0) is 24.6 Å². The molecule has 0 saturated carbocycles. The summed E-state index contributed by atoms with van der Waals surface area (Å²) in [4.78, 5) is 0. The summed E-state index contributed by atoms with van der Waals surface area (Å²) in [6.45, 7) is 1.30. The van der Waals surface area contributed by atoms with Crippen LogP contribution in [0.25, 0.3) is 0 Å². The minimum absolute atomic E-state index is 0.00714. The van der Waals surface area contributed by atoms with Crippen LogP contribution < -0.4 is 0 Å². The second kappa shape index (κ2) is 3.96. The van der Waals surface area contributed by atoms with E-state index in [0.717, 1.165) is 6.07 Å². The summed E-state index contributed by atoms with van der Waals surface area (Å²) in [5.41, 5.74) is -0.712. The predicted octanol–water partition coefficient (Wildman–Crippen LogP) is 2.57. The molecule has 0 fully saturated rings. The number of aliphatic hydroxyl groups excluding tert-OH is 1. The van der Waals surface area contributed by atoms with Gasteiger partial charge < -0.3 is 5.11 Å². The van der Waals surface area contributed by atoms with E-state index >= 15 is 0 Å². The molecule has 0 radical (unpaired) electrons. The number of alkyl halides is 2. The minimum atomic E-state index is -3.13. The molecule has 0 aromatic heterocycles. The Morgan fingerprint density at radius 3 is 2.21 bits per heavy atom. The van der Waals surface area contributed by atoms with E-state index in [4.69, 9.17) is 5.11 Å². The van der Waals surface area contributed by atoms with Crippen molar-refractivity contribution < 1.29 is 22.7 Å². The first-order valence-electron chi connectivity index (χ1n) is 3.85. The maximum Gasteiger partial charge on any atom is 0.268 e. The average molecular weight is 208 g/mol. The second-order valence-electron chi connectivity index (χ2n) is 2.90. The van der Waals surface area contributed by atoms with Crippen molar-refractivity contribution in [3.63, 3.8) is 0 Å². The molecule has 0 aliphatic heterocycles. The lowest BCUT2D eigenvalue weighted by Crippen LogP contribution is -2.10. The summed E-state index contributed by atoms with van der Waals surface area (Å²) in [5, 5.41) is 8.84. The first-order chi connectivity index (χ1) is 6.43. The van der Waals surface area contributed by atoms with Crippen molar-refractivity contribution >= 4 is 0 Å². The van der Waals surface area contributed by atoms with Gasteiger partial charge >= 0.3 is 0 Å². The van der Waals surface area contributed by atoms with Crippen molar-refractivity contribution in [1.29, 1.82) is 0 Å². The molecule has 1 aromatic rings. The van der Waals surface area contributed by atoms with Gasteiger partial charge in [-0.2, -0.15) is 0 Å². The Balaban J connectivity index is 3.15. The zero-order valence-corrected chi connectivity index (χ0v) is 7.27. The number of aryl methyl sites for hydroxylation is 1. The summed E-state index contributed by atoms with van der Waals surface area (Å²) in [6, 6.07) is 1.36. The summed E-state index contributed by atoms with van der Waals surface area (Å²) >= 11 is 0. The van der Waals surface area contributed by atoms with Crippen LogP contribution in [0.5, 0.6) is 0 Å². The molecular formula is C9H8F4O. The second-order valence-corrected chi connectivity index (χ2v) is 2.90. The molecule has 0 amide bonds. The zero-order valence-electron chi connectivity index (χ0n) is 7.27. The number of benzene rings is 1. The third kappa shape index (κ3) is 2.04. The van der Waals surface area contributed by atoms with Crippen LogP contribution in [0.15, 0.2) is 12.1 Å². The Hall–Kier alpha value is -1.10. The van der Waals surface area contributed by atoms with Crippen LogP contribution >= 0.6 is 0 Å². The molecule has 0 aliphatic rings. The lowest BCUT2D eigenvalue weighted by Gasteiger charge is -2.11. The third-order valence-electron chi connectivity index (χ3n) is 1.84. The summed E-state index contributed by atoms with van der Waals surface area (Å²) in [5.74, 6) is -1.85. The molecule has 5 heteroatoms. The minimum Gasteiger partial charge on any atom is -0.382 e. The van der Waals surface area contributed by atoms with E-state index in [1.54, 1.807) is 0 Å². The lowest BCUT2D eigenvalue weighted by atomic mass is 10.1. The highest BCUT2D eigenvalue weighted by molar-refractivity contribution is 5.27. The first-order valence-corrected chi connectivity index (χ1v) is 3.85. The maximum absolute atomic E-state index is 13.0. The van der Waals surface area contributed by atoms with Crippen LogP contribution in [0.1, 0.15) is 17.2 Å². The van der Waals surface area contributed by atoms with Crippen LogP contribution in [0.3, 0.4) is 0 Å². The fraction of sp³-hybridized carbons (Fsp3) is 0.333. The summed E-state index contributed by atoms with van der Waals surface area (Å²) in [6.07, 6.45) is -5.42. The molecule has 0 heterocycles. The molecule has 1 rings (SSSR count). The Bertz CT molecular complexity index is 338. The van der Waals surface area contributed by atoms with Gasteiger partial charge in [-0.25, -0.2) is 17.6 Å². The smallest absolute Gasteiger partial charge is 0.268 e. The van der Waals surface area contributed by atoms with Gasteiger partial charge in [-0.3, -0.25) is 0 Å². The molecule has 0 spiro atoms. The van der Waals surface area contributed by atoms with Gasteiger partial charge in [0, 0.05) is 5.56 Å². The van der Waals surface area contributed by atoms with Crippen LogP contribution in [-0.4, -0.2) is 11.5 Å². The van der Waals surface area contributed by atoms with Crippen LogP contribution in [0.4, 0.5) is 17.6 Å². The molecule has 14 heavy (non-hydrogen) atoms. The van der Waals surface area contributed by atoms with Crippen molar-refractivity contribution in [1.82, 2.24) is 0 Å². The highest BCUT2D eigenvalue weighted by atomic mass is 19.3. The maximum atomic E-state index is 13.0. The van der Waals surface area contributed by atoms with E-state index in [9.17, 15) is 17.6 Å². The van der Waals surface area contributed by atoms with Crippen LogP contribution in [-0.2, 0) is 0 Å². The Morgan fingerprint density at radius 1 is 1.14 bits per heavy atom. The van der Waals surface area contributed by atoms with E-state index in [1.807, 2.05) is 0 Å². The van der Waals surface area contributed by atoms with Gasteiger partial charge in [0.25, 0.3) is 6.43 Å². The Kier molecular flexibility index (Phi) is 3.10. The number of hydrogen-bond donors (Lipinski definition) is 1. The highest BCUT2D eigenvalue weighted by Gasteiger charge is 2.23. The molecule has 0 bridgehead atoms. The number of hydrogen-bond acceptors (Lipinski definition) is 1. The fourth-order valence-corrected chi connectivity index (χ4v) is 1.02. The molecule has 1 nitrogen and oxygen atoms in total. The summed E-state index contributed by atoms with van der Waals surface area (Å²) < 4.78 is 49.8. The standard InChI is InChI=1S/C9H8F4O/c1-4-2-7(11)5(3-6(4)10)8(14)9(12)13/h2-3,8-9,14H,1H3. The fourth-order valence-electron chi connectivity index (χ4n) is 1.02. The van der Waals surface area contributed by atoms with Gasteiger partial charge in [-0.1, -0.05) is 0 Å². The number of rotatable bonds is 2. The largest absolute Gasteiger partial charge is 0.382 e. The van der Waals surface area contributed by atoms with E-state index in [0.29, 0.717) is 6.07 Å². The van der Waals surface area contributed by atoms with E-state index in [2.05, 4.69) is 0 Å². The number of aliphatic hydroxyl groups is 1. The average Bonchev–Trinajstić information content (AvgIpc) is 2.10. The van der Waals surface area contributed by atoms with E-state index in [-0.39, 0.29) is 5.56 Å². The van der Waals surface area contributed by atoms with E-state index in [1.165, 1.54) is 6.92 Å². The molecule has 0 saturated heterocycles. The zero-order chi connectivity index (χ0) is 10.9. The molecule has 1 atom stereocenters.